The van der Waals surface area contributed by atoms with Gasteiger partial charge in [0.25, 0.3) is 0 Å². The van der Waals surface area contributed by atoms with Crippen molar-refractivity contribution in [1.82, 2.24) is 10.6 Å². The summed E-state index contributed by atoms with van der Waals surface area (Å²) in [5.41, 5.74) is 0.500. The maximum absolute atomic E-state index is 3.82. The normalized spacial score (nSPS) is 22.1. The highest BCUT2D eigenvalue weighted by Gasteiger charge is 2.37. The van der Waals surface area contributed by atoms with E-state index >= 15 is 0 Å². The predicted molar refractivity (Wildman–Crippen MR) is 71.6 cm³/mol. The summed E-state index contributed by atoms with van der Waals surface area (Å²) in [6.45, 7) is 13.5. The molecule has 0 aliphatic heterocycles. The molecule has 0 heterocycles. The molecule has 1 rings (SSSR count). The zero-order valence-corrected chi connectivity index (χ0v) is 12.0. The Morgan fingerprint density at radius 2 is 1.06 bits per heavy atom. The van der Waals surface area contributed by atoms with Gasteiger partial charge in [-0.05, 0) is 54.4 Å². The third kappa shape index (κ3) is 4.84. The fraction of sp³-hybridized carbons (Fsp3) is 1.00. The van der Waals surface area contributed by atoms with Gasteiger partial charge in [-0.1, -0.05) is 19.3 Å². The van der Waals surface area contributed by atoms with Crippen LogP contribution in [0.5, 0.6) is 0 Å². The average molecular weight is 226 g/mol. The van der Waals surface area contributed by atoms with Gasteiger partial charge >= 0.3 is 0 Å². The van der Waals surface area contributed by atoms with Crippen molar-refractivity contribution in [2.75, 3.05) is 0 Å². The van der Waals surface area contributed by atoms with Crippen molar-refractivity contribution >= 4 is 0 Å². The van der Waals surface area contributed by atoms with Crippen LogP contribution >= 0.6 is 0 Å². The van der Waals surface area contributed by atoms with Gasteiger partial charge in [0.15, 0.2) is 0 Å². The van der Waals surface area contributed by atoms with Crippen LogP contribution in [-0.4, -0.2) is 16.7 Å². The first kappa shape index (κ1) is 14.0. The molecule has 0 amide bonds. The Kier molecular flexibility index (Phi) is 4.07. The summed E-state index contributed by atoms with van der Waals surface area (Å²) in [6, 6.07) is 0. The average Bonchev–Trinajstić information content (AvgIpc) is 1.97. The van der Waals surface area contributed by atoms with Crippen molar-refractivity contribution in [3.05, 3.63) is 0 Å². The molecule has 1 fully saturated rings. The predicted octanol–water partition coefficient (Wildman–Crippen LogP) is 3.42. The van der Waals surface area contributed by atoms with Crippen LogP contribution < -0.4 is 10.6 Å². The number of hydrogen-bond acceptors (Lipinski definition) is 2. The molecule has 1 aliphatic carbocycles. The van der Waals surface area contributed by atoms with E-state index in [4.69, 9.17) is 0 Å². The molecule has 96 valence electrons. The topological polar surface area (TPSA) is 24.1 Å². The van der Waals surface area contributed by atoms with Gasteiger partial charge < -0.3 is 0 Å². The minimum Gasteiger partial charge on any atom is -0.295 e. The zero-order chi connectivity index (χ0) is 12.4. The van der Waals surface area contributed by atoms with Crippen LogP contribution in [0, 0.1) is 0 Å². The molecular weight excluding hydrogens is 196 g/mol. The van der Waals surface area contributed by atoms with E-state index in [1.54, 1.807) is 0 Å². The van der Waals surface area contributed by atoms with Gasteiger partial charge in [-0.15, -0.1) is 0 Å². The molecule has 0 aromatic heterocycles. The Morgan fingerprint density at radius 1 is 0.688 bits per heavy atom. The molecule has 0 atom stereocenters. The molecule has 0 radical (unpaired) electrons. The molecule has 0 unspecified atom stereocenters. The second-order valence-corrected chi connectivity index (χ2v) is 7.39. The molecule has 0 spiro atoms. The minimum absolute atomic E-state index is 0.148. The first-order valence-corrected chi connectivity index (χ1v) is 6.71. The van der Waals surface area contributed by atoms with Crippen molar-refractivity contribution in [2.24, 2.45) is 0 Å². The highest BCUT2D eigenvalue weighted by Crippen LogP contribution is 2.29. The Morgan fingerprint density at radius 3 is 1.38 bits per heavy atom. The summed E-state index contributed by atoms with van der Waals surface area (Å²) in [6.07, 6.45) is 6.57. The van der Waals surface area contributed by atoms with Gasteiger partial charge in [-0.3, -0.25) is 10.6 Å². The Bertz CT molecular complexity index is 196. The summed E-state index contributed by atoms with van der Waals surface area (Å²) < 4.78 is 0. The van der Waals surface area contributed by atoms with E-state index < -0.39 is 0 Å². The Labute approximate surface area is 102 Å². The molecular formula is C14H30N2. The van der Waals surface area contributed by atoms with Crippen molar-refractivity contribution in [3.63, 3.8) is 0 Å². The fourth-order valence-corrected chi connectivity index (χ4v) is 2.87. The zero-order valence-electron chi connectivity index (χ0n) is 12.0. The van der Waals surface area contributed by atoms with E-state index in [9.17, 15) is 0 Å². The Balaban J connectivity index is 2.75. The van der Waals surface area contributed by atoms with Gasteiger partial charge in [0, 0.05) is 11.1 Å². The molecule has 0 bridgehead atoms. The van der Waals surface area contributed by atoms with E-state index in [0.29, 0.717) is 0 Å². The van der Waals surface area contributed by atoms with Crippen LogP contribution in [0.3, 0.4) is 0 Å². The quantitative estimate of drug-likeness (QED) is 0.705. The summed E-state index contributed by atoms with van der Waals surface area (Å²) in [7, 11) is 0. The standard InChI is InChI=1S/C14H30N2/c1-12(2,3)15-14(16-13(4,5)6)10-8-7-9-11-14/h15-16H,7-11H2,1-6H3. The fourth-order valence-electron chi connectivity index (χ4n) is 2.87. The third-order valence-corrected chi connectivity index (χ3v) is 2.94. The van der Waals surface area contributed by atoms with Gasteiger partial charge in [-0.2, -0.15) is 0 Å². The van der Waals surface area contributed by atoms with Gasteiger partial charge in [-0.25, -0.2) is 0 Å². The highest BCUT2D eigenvalue weighted by molar-refractivity contribution is 4.96. The van der Waals surface area contributed by atoms with Crippen LogP contribution in [-0.2, 0) is 0 Å². The molecule has 0 aromatic rings. The lowest BCUT2D eigenvalue weighted by Gasteiger charge is -2.47. The summed E-state index contributed by atoms with van der Waals surface area (Å²) in [5.74, 6) is 0. The van der Waals surface area contributed by atoms with Crippen molar-refractivity contribution in [2.45, 2.75) is 90.4 Å². The molecule has 1 saturated carbocycles. The molecule has 16 heavy (non-hydrogen) atoms. The third-order valence-electron chi connectivity index (χ3n) is 2.94. The van der Waals surface area contributed by atoms with Gasteiger partial charge in [0.2, 0.25) is 0 Å². The maximum atomic E-state index is 3.82. The number of nitrogens with one attached hydrogen (secondary N) is 2. The molecule has 0 aromatic carbocycles. The summed E-state index contributed by atoms with van der Waals surface area (Å²) in [4.78, 5) is 0. The van der Waals surface area contributed by atoms with E-state index in [-0.39, 0.29) is 16.7 Å². The number of rotatable bonds is 2. The monoisotopic (exact) mass is 226 g/mol. The lowest BCUT2D eigenvalue weighted by molar-refractivity contribution is 0.106. The highest BCUT2D eigenvalue weighted by atomic mass is 15.2. The Hall–Kier alpha value is -0.0800. The lowest BCUT2D eigenvalue weighted by Crippen LogP contribution is -2.67. The van der Waals surface area contributed by atoms with Crippen molar-refractivity contribution < 1.29 is 0 Å². The SMILES string of the molecule is CC(C)(C)NC1(NC(C)(C)C)CCCCC1. The van der Waals surface area contributed by atoms with Crippen LogP contribution in [0.25, 0.3) is 0 Å². The molecule has 1 aliphatic rings. The van der Waals surface area contributed by atoms with Crippen LogP contribution in [0.2, 0.25) is 0 Å². The lowest BCUT2D eigenvalue weighted by atomic mass is 9.85. The van der Waals surface area contributed by atoms with E-state index in [2.05, 4.69) is 52.2 Å². The first-order valence-electron chi connectivity index (χ1n) is 6.71. The maximum Gasteiger partial charge on any atom is 0.0695 e. The minimum atomic E-state index is 0.148. The van der Waals surface area contributed by atoms with E-state index in [1.165, 1.54) is 32.1 Å². The van der Waals surface area contributed by atoms with E-state index in [0.717, 1.165) is 0 Å². The van der Waals surface area contributed by atoms with Crippen LogP contribution in [0.15, 0.2) is 0 Å². The van der Waals surface area contributed by atoms with E-state index in [1.807, 2.05) is 0 Å². The van der Waals surface area contributed by atoms with Crippen LogP contribution in [0.1, 0.15) is 73.6 Å². The first-order chi connectivity index (χ1) is 7.12. The van der Waals surface area contributed by atoms with Crippen LogP contribution in [0.4, 0.5) is 0 Å². The molecule has 2 nitrogen and oxygen atoms in total. The number of hydrogen-bond donors (Lipinski definition) is 2. The summed E-state index contributed by atoms with van der Waals surface area (Å²) in [5, 5.41) is 7.63. The molecule has 2 N–H and O–H groups in total. The van der Waals surface area contributed by atoms with Gasteiger partial charge in [0.05, 0.1) is 5.66 Å². The largest absolute Gasteiger partial charge is 0.295 e. The van der Waals surface area contributed by atoms with Gasteiger partial charge in [0.1, 0.15) is 0 Å². The second-order valence-electron chi connectivity index (χ2n) is 7.39. The second kappa shape index (κ2) is 4.66. The smallest absolute Gasteiger partial charge is 0.0695 e. The van der Waals surface area contributed by atoms with Crippen molar-refractivity contribution in [1.29, 1.82) is 0 Å². The molecule has 0 saturated heterocycles. The van der Waals surface area contributed by atoms with Crippen molar-refractivity contribution in [3.8, 4) is 0 Å². The summed E-state index contributed by atoms with van der Waals surface area (Å²) >= 11 is 0. The molecule has 2 heteroatoms.